The lowest BCUT2D eigenvalue weighted by molar-refractivity contribution is 0.0937. The Hall–Kier alpha value is -2.21. The summed E-state index contributed by atoms with van der Waals surface area (Å²) in [5, 5.41) is 15.6. The Bertz CT molecular complexity index is 691. The molecule has 6 nitrogen and oxygen atoms in total. The van der Waals surface area contributed by atoms with E-state index in [9.17, 15) is 9.59 Å². The Balaban J connectivity index is 2.61. The van der Waals surface area contributed by atoms with Crippen molar-refractivity contribution in [1.29, 1.82) is 0 Å². The first kappa shape index (κ1) is 13.2. The van der Waals surface area contributed by atoms with E-state index >= 15 is 0 Å². The molecule has 0 radical (unpaired) electrons. The van der Waals surface area contributed by atoms with Crippen molar-refractivity contribution < 1.29 is 9.90 Å². The zero-order valence-corrected chi connectivity index (χ0v) is 10.8. The zero-order chi connectivity index (χ0) is 14.0. The highest BCUT2D eigenvalue weighted by Crippen LogP contribution is 2.11. The number of carbonyl (C=O) groups excluding carboxylic acids is 1. The fourth-order valence-corrected chi connectivity index (χ4v) is 1.89. The van der Waals surface area contributed by atoms with Gasteiger partial charge in [0, 0.05) is 13.6 Å². The van der Waals surface area contributed by atoms with E-state index in [1.807, 2.05) is 13.0 Å². The van der Waals surface area contributed by atoms with Gasteiger partial charge in [0.05, 0.1) is 17.5 Å². The molecule has 0 atom stereocenters. The maximum Gasteiger partial charge on any atom is 0.275 e. The minimum absolute atomic E-state index is 0.0928. The number of benzene rings is 1. The van der Waals surface area contributed by atoms with Gasteiger partial charge in [-0.05, 0) is 19.1 Å². The summed E-state index contributed by atoms with van der Waals surface area (Å²) in [7, 11) is 1.68. The molecule has 2 aromatic rings. The minimum atomic E-state index is -0.571. The third kappa shape index (κ3) is 2.48. The van der Waals surface area contributed by atoms with Gasteiger partial charge < -0.3 is 10.4 Å². The first-order valence-corrected chi connectivity index (χ1v) is 5.91. The molecular formula is C13H15N3O3. The summed E-state index contributed by atoms with van der Waals surface area (Å²) in [6, 6.07) is 5.42. The van der Waals surface area contributed by atoms with Gasteiger partial charge in [0.15, 0.2) is 5.69 Å². The van der Waals surface area contributed by atoms with E-state index in [4.69, 9.17) is 5.11 Å². The molecule has 19 heavy (non-hydrogen) atoms. The number of rotatable bonds is 3. The normalized spacial score (nSPS) is 10.7. The maximum absolute atomic E-state index is 12.2. The number of nitrogens with zero attached hydrogens (tertiary/aromatic N) is 2. The van der Waals surface area contributed by atoms with Crippen molar-refractivity contribution in [3.8, 4) is 0 Å². The van der Waals surface area contributed by atoms with Crippen molar-refractivity contribution in [3.05, 3.63) is 39.7 Å². The number of fused-ring (bicyclic) bond motifs is 1. The number of nitrogens with one attached hydrogen (secondary N) is 1. The Labute approximate surface area is 109 Å². The maximum atomic E-state index is 12.2. The van der Waals surface area contributed by atoms with Crippen LogP contribution >= 0.6 is 0 Å². The Morgan fingerprint density at radius 1 is 1.47 bits per heavy atom. The van der Waals surface area contributed by atoms with Crippen LogP contribution in [-0.2, 0) is 7.05 Å². The first-order chi connectivity index (χ1) is 9.04. The summed E-state index contributed by atoms with van der Waals surface area (Å²) in [5.74, 6) is -0.571. The van der Waals surface area contributed by atoms with Gasteiger partial charge in [0.2, 0.25) is 5.43 Å². The van der Waals surface area contributed by atoms with E-state index in [1.165, 1.54) is 4.68 Å². The zero-order valence-electron chi connectivity index (χ0n) is 10.8. The molecule has 1 amide bonds. The number of amides is 1. The summed E-state index contributed by atoms with van der Waals surface area (Å²) in [6.07, 6.45) is 0. The molecule has 0 spiro atoms. The molecule has 100 valence electrons. The van der Waals surface area contributed by atoms with Crippen molar-refractivity contribution in [2.24, 2.45) is 7.05 Å². The number of hydrogen-bond acceptors (Lipinski definition) is 4. The van der Waals surface area contributed by atoms with E-state index in [0.717, 1.165) is 5.56 Å². The van der Waals surface area contributed by atoms with E-state index in [-0.39, 0.29) is 18.8 Å². The van der Waals surface area contributed by atoms with Gasteiger partial charge >= 0.3 is 0 Å². The van der Waals surface area contributed by atoms with E-state index in [1.54, 1.807) is 19.2 Å². The number of aliphatic hydroxyl groups is 1. The van der Waals surface area contributed by atoms with Crippen molar-refractivity contribution in [1.82, 2.24) is 15.1 Å². The third-order valence-electron chi connectivity index (χ3n) is 2.82. The van der Waals surface area contributed by atoms with Gasteiger partial charge in [-0.2, -0.15) is 5.10 Å². The highest BCUT2D eigenvalue weighted by molar-refractivity contribution is 5.95. The fourth-order valence-electron chi connectivity index (χ4n) is 1.89. The number of aryl methyl sites for hydroxylation is 2. The lowest BCUT2D eigenvalue weighted by atomic mass is 10.1. The van der Waals surface area contributed by atoms with Gasteiger partial charge in [0.1, 0.15) is 0 Å². The second-order valence-corrected chi connectivity index (χ2v) is 4.30. The van der Waals surface area contributed by atoms with E-state index in [0.29, 0.717) is 10.9 Å². The largest absolute Gasteiger partial charge is 0.395 e. The summed E-state index contributed by atoms with van der Waals surface area (Å²) in [5.41, 5.74) is 1.06. The predicted molar refractivity (Wildman–Crippen MR) is 71.1 cm³/mol. The van der Waals surface area contributed by atoms with Crippen LogP contribution in [0.1, 0.15) is 16.1 Å². The molecule has 1 heterocycles. The minimum Gasteiger partial charge on any atom is -0.395 e. The number of carbonyl (C=O) groups is 1. The van der Waals surface area contributed by atoms with Crippen LogP contribution in [0.4, 0.5) is 0 Å². The smallest absolute Gasteiger partial charge is 0.275 e. The molecule has 0 fully saturated rings. The number of aromatic nitrogens is 2. The molecule has 0 unspecified atom stereocenters. The molecule has 0 saturated heterocycles. The summed E-state index contributed by atoms with van der Waals surface area (Å²) >= 11 is 0. The van der Waals surface area contributed by atoms with Crippen LogP contribution in [0.2, 0.25) is 0 Å². The first-order valence-electron chi connectivity index (χ1n) is 5.91. The van der Waals surface area contributed by atoms with Crippen LogP contribution in [0.3, 0.4) is 0 Å². The lowest BCUT2D eigenvalue weighted by Crippen LogP contribution is -2.33. The highest BCUT2D eigenvalue weighted by Gasteiger charge is 2.15. The lowest BCUT2D eigenvalue weighted by Gasteiger charge is -2.08. The second kappa shape index (κ2) is 5.19. The molecule has 2 N–H and O–H groups in total. The number of hydrogen-bond donors (Lipinski definition) is 2. The monoisotopic (exact) mass is 261 g/mol. The quantitative estimate of drug-likeness (QED) is 0.812. The van der Waals surface area contributed by atoms with Crippen molar-refractivity contribution in [2.45, 2.75) is 6.92 Å². The van der Waals surface area contributed by atoms with Crippen molar-refractivity contribution in [2.75, 3.05) is 13.2 Å². The van der Waals surface area contributed by atoms with Gasteiger partial charge in [0.25, 0.3) is 5.91 Å². The highest BCUT2D eigenvalue weighted by atomic mass is 16.3. The Morgan fingerprint density at radius 2 is 2.21 bits per heavy atom. The molecule has 0 bridgehead atoms. The van der Waals surface area contributed by atoms with Crippen LogP contribution < -0.4 is 10.7 Å². The molecule has 0 saturated carbocycles. The summed E-state index contributed by atoms with van der Waals surface area (Å²) < 4.78 is 1.50. The molecule has 0 aliphatic carbocycles. The molecule has 2 rings (SSSR count). The number of aliphatic hydroxyl groups excluding tert-OH is 1. The Morgan fingerprint density at radius 3 is 2.89 bits per heavy atom. The van der Waals surface area contributed by atoms with Gasteiger partial charge in [-0.3, -0.25) is 14.3 Å². The summed E-state index contributed by atoms with van der Waals surface area (Å²) in [6.45, 7) is 1.79. The van der Waals surface area contributed by atoms with Gasteiger partial charge in [-0.1, -0.05) is 11.6 Å². The SMILES string of the molecule is Cc1ccc2c(c1)c(=O)c(C(=O)NCCO)nn2C. The van der Waals surface area contributed by atoms with Gasteiger partial charge in [-0.15, -0.1) is 0 Å². The molecule has 1 aromatic carbocycles. The van der Waals surface area contributed by atoms with Gasteiger partial charge in [-0.25, -0.2) is 0 Å². The molecule has 0 aliphatic heterocycles. The topological polar surface area (TPSA) is 84.2 Å². The standard InChI is InChI=1S/C13H15N3O3/c1-8-3-4-10-9(7-8)12(18)11(15-16(10)2)13(19)14-5-6-17/h3-4,7,17H,5-6H2,1-2H3,(H,14,19). The average molecular weight is 261 g/mol. The molecule has 6 heteroatoms. The van der Waals surface area contributed by atoms with E-state index < -0.39 is 11.3 Å². The molecular weight excluding hydrogens is 246 g/mol. The second-order valence-electron chi connectivity index (χ2n) is 4.30. The van der Waals surface area contributed by atoms with Crippen LogP contribution in [0, 0.1) is 6.92 Å². The van der Waals surface area contributed by atoms with Crippen LogP contribution in [0.5, 0.6) is 0 Å². The Kier molecular flexibility index (Phi) is 3.62. The fraction of sp³-hybridized carbons (Fsp3) is 0.308. The average Bonchev–Trinajstić information content (AvgIpc) is 2.40. The predicted octanol–water partition coefficient (Wildman–Crippen LogP) is -0.0360. The van der Waals surface area contributed by atoms with Crippen molar-refractivity contribution >= 4 is 16.8 Å². The molecule has 0 aliphatic rings. The third-order valence-corrected chi connectivity index (χ3v) is 2.82. The van der Waals surface area contributed by atoms with Crippen LogP contribution in [0.15, 0.2) is 23.0 Å². The molecule has 1 aromatic heterocycles. The van der Waals surface area contributed by atoms with Crippen LogP contribution in [0.25, 0.3) is 10.9 Å². The summed E-state index contributed by atoms with van der Waals surface area (Å²) in [4.78, 5) is 24.0. The van der Waals surface area contributed by atoms with E-state index in [2.05, 4.69) is 10.4 Å². The van der Waals surface area contributed by atoms with Crippen molar-refractivity contribution in [3.63, 3.8) is 0 Å². The van der Waals surface area contributed by atoms with Crippen LogP contribution in [-0.4, -0.2) is 33.9 Å².